The summed E-state index contributed by atoms with van der Waals surface area (Å²) in [6.07, 6.45) is 1.33. The molecule has 2 aliphatic heterocycles. The number of hydrogen-bond donors (Lipinski definition) is 0. The van der Waals surface area contributed by atoms with Gasteiger partial charge in [-0.3, -0.25) is 9.59 Å². The van der Waals surface area contributed by atoms with E-state index < -0.39 is 11.6 Å². The van der Waals surface area contributed by atoms with Crippen molar-refractivity contribution in [2.75, 3.05) is 20.2 Å². The zero-order valence-corrected chi connectivity index (χ0v) is 16.7. The number of likely N-dealkylation sites (tertiary alicyclic amines) is 1. The lowest BCUT2D eigenvalue weighted by Gasteiger charge is -2.44. The van der Waals surface area contributed by atoms with Gasteiger partial charge in [0.25, 0.3) is 5.91 Å². The van der Waals surface area contributed by atoms with Crippen molar-refractivity contribution in [1.29, 1.82) is 0 Å². The Kier molecular flexibility index (Phi) is 5.04. The quantitative estimate of drug-likeness (QED) is 0.701. The Morgan fingerprint density at radius 2 is 1.79 bits per heavy atom. The van der Waals surface area contributed by atoms with Crippen LogP contribution in [0.5, 0.6) is 5.75 Å². The maximum Gasteiger partial charge on any atom is 0.338 e. The Morgan fingerprint density at radius 3 is 2.48 bits per heavy atom. The third kappa shape index (κ3) is 3.60. The molecule has 1 fully saturated rings. The van der Waals surface area contributed by atoms with Crippen LogP contribution in [-0.4, -0.2) is 48.4 Å². The number of halogens is 1. The molecule has 0 radical (unpaired) electrons. The molecule has 1 saturated heterocycles. The second-order valence-electron chi connectivity index (χ2n) is 7.35. The minimum Gasteiger partial charge on any atom is -0.486 e. The first-order chi connectivity index (χ1) is 13.9. The molecule has 2 heterocycles. The molecule has 0 aliphatic carbocycles. The summed E-state index contributed by atoms with van der Waals surface area (Å²) >= 11 is 5.99. The number of benzene rings is 2. The summed E-state index contributed by atoms with van der Waals surface area (Å²) in [4.78, 5) is 39.3. The summed E-state index contributed by atoms with van der Waals surface area (Å²) in [6, 6.07) is 11.7. The van der Waals surface area contributed by atoms with E-state index in [1.54, 1.807) is 47.4 Å². The van der Waals surface area contributed by atoms with E-state index in [1.807, 2.05) is 0 Å². The highest BCUT2D eigenvalue weighted by atomic mass is 35.5. The standard InChI is InChI=1S/C22H20ClNO5/c1-28-21(27)16-5-3-2-4-15(16)20(26)24-10-8-22(9-11-24)13-18(25)17-12-14(23)6-7-19(17)29-22/h2-7,12H,8-11,13H2,1H3. The van der Waals surface area contributed by atoms with Gasteiger partial charge in [-0.25, -0.2) is 4.79 Å². The lowest BCUT2D eigenvalue weighted by molar-refractivity contribution is -0.00581. The Morgan fingerprint density at radius 1 is 1.10 bits per heavy atom. The van der Waals surface area contributed by atoms with E-state index in [9.17, 15) is 14.4 Å². The average Bonchev–Trinajstić information content (AvgIpc) is 2.74. The highest BCUT2D eigenvalue weighted by molar-refractivity contribution is 6.31. The third-order valence-corrected chi connectivity index (χ3v) is 5.81. The third-order valence-electron chi connectivity index (χ3n) is 5.58. The molecule has 2 aromatic rings. The van der Waals surface area contributed by atoms with E-state index in [4.69, 9.17) is 21.1 Å². The zero-order chi connectivity index (χ0) is 20.6. The first-order valence-electron chi connectivity index (χ1n) is 9.41. The fraction of sp³-hybridized carbons (Fsp3) is 0.318. The molecule has 4 rings (SSSR count). The van der Waals surface area contributed by atoms with Crippen LogP contribution in [0.2, 0.25) is 5.02 Å². The molecule has 2 aromatic carbocycles. The summed E-state index contributed by atoms with van der Waals surface area (Å²) in [6.45, 7) is 0.870. The van der Waals surface area contributed by atoms with Gasteiger partial charge in [-0.2, -0.15) is 0 Å². The lowest BCUT2D eigenvalue weighted by atomic mass is 9.82. The number of carbonyl (C=O) groups is 3. The normalized spacial score (nSPS) is 17.4. The number of rotatable bonds is 2. The summed E-state index contributed by atoms with van der Waals surface area (Å²) < 4.78 is 11.0. The van der Waals surface area contributed by atoms with Gasteiger partial charge in [0.15, 0.2) is 5.78 Å². The minimum atomic E-state index is -0.615. The van der Waals surface area contributed by atoms with E-state index in [2.05, 4.69) is 0 Å². The number of nitrogens with zero attached hydrogens (tertiary/aromatic N) is 1. The molecule has 29 heavy (non-hydrogen) atoms. The first kappa shape index (κ1) is 19.5. The fourth-order valence-electron chi connectivity index (χ4n) is 3.99. The van der Waals surface area contributed by atoms with Crippen LogP contribution in [0.25, 0.3) is 0 Å². The number of hydrogen-bond acceptors (Lipinski definition) is 5. The van der Waals surface area contributed by atoms with E-state index in [0.29, 0.717) is 47.8 Å². The molecule has 0 aromatic heterocycles. The molecule has 1 spiro atoms. The van der Waals surface area contributed by atoms with Crippen molar-refractivity contribution in [2.24, 2.45) is 0 Å². The van der Waals surface area contributed by atoms with Crippen molar-refractivity contribution in [3.63, 3.8) is 0 Å². The van der Waals surface area contributed by atoms with Gasteiger partial charge in [-0.05, 0) is 30.3 Å². The van der Waals surface area contributed by atoms with Crippen LogP contribution < -0.4 is 4.74 Å². The Balaban J connectivity index is 1.51. The number of carbonyl (C=O) groups excluding carboxylic acids is 3. The molecule has 7 heteroatoms. The maximum atomic E-state index is 13.0. The van der Waals surface area contributed by atoms with Crippen molar-refractivity contribution in [1.82, 2.24) is 4.90 Å². The number of amides is 1. The minimum absolute atomic E-state index is 0.00423. The van der Waals surface area contributed by atoms with Gasteiger partial charge < -0.3 is 14.4 Å². The SMILES string of the molecule is COC(=O)c1ccccc1C(=O)N1CCC2(CC1)CC(=O)c1cc(Cl)ccc1O2. The van der Waals surface area contributed by atoms with E-state index in [0.717, 1.165) is 0 Å². The average molecular weight is 414 g/mol. The van der Waals surface area contributed by atoms with Gasteiger partial charge in [0.05, 0.1) is 30.2 Å². The van der Waals surface area contributed by atoms with E-state index in [1.165, 1.54) is 7.11 Å². The Hall–Kier alpha value is -2.86. The van der Waals surface area contributed by atoms with E-state index >= 15 is 0 Å². The van der Waals surface area contributed by atoms with Gasteiger partial charge in [0, 0.05) is 31.0 Å². The number of fused-ring (bicyclic) bond motifs is 1. The molecular weight excluding hydrogens is 394 g/mol. The molecule has 0 N–H and O–H groups in total. The number of methoxy groups -OCH3 is 1. The zero-order valence-electron chi connectivity index (χ0n) is 15.9. The predicted octanol–water partition coefficient (Wildman–Crippen LogP) is 3.77. The Labute approximate surface area is 173 Å². The molecule has 150 valence electrons. The van der Waals surface area contributed by atoms with Crippen LogP contribution in [0.4, 0.5) is 0 Å². The van der Waals surface area contributed by atoms with Gasteiger partial charge in [0.1, 0.15) is 11.4 Å². The molecule has 0 bridgehead atoms. The summed E-state index contributed by atoms with van der Waals surface area (Å²) in [7, 11) is 1.29. The Bertz CT molecular complexity index is 994. The molecule has 6 nitrogen and oxygen atoms in total. The number of ether oxygens (including phenoxy) is 2. The molecule has 0 atom stereocenters. The molecule has 1 amide bonds. The molecule has 2 aliphatic rings. The van der Waals surface area contributed by atoms with Crippen molar-refractivity contribution >= 4 is 29.3 Å². The second-order valence-corrected chi connectivity index (χ2v) is 7.79. The number of ketones is 1. The van der Waals surface area contributed by atoms with E-state index in [-0.39, 0.29) is 23.7 Å². The van der Waals surface area contributed by atoms with Crippen LogP contribution in [0.3, 0.4) is 0 Å². The van der Waals surface area contributed by atoms with Gasteiger partial charge in [-0.1, -0.05) is 23.7 Å². The number of Topliss-reactive ketones (excluding diaryl/α,β-unsaturated/α-hetero) is 1. The largest absolute Gasteiger partial charge is 0.486 e. The first-order valence-corrected chi connectivity index (χ1v) is 9.79. The van der Waals surface area contributed by atoms with Gasteiger partial charge in [0.2, 0.25) is 0 Å². The van der Waals surface area contributed by atoms with Crippen LogP contribution in [0, 0.1) is 0 Å². The smallest absolute Gasteiger partial charge is 0.338 e. The highest BCUT2D eigenvalue weighted by Gasteiger charge is 2.44. The summed E-state index contributed by atoms with van der Waals surface area (Å²) in [5, 5.41) is 0.501. The van der Waals surface area contributed by atoms with Crippen molar-refractivity contribution < 1.29 is 23.9 Å². The fourth-order valence-corrected chi connectivity index (χ4v) is 4.16. The van der Waals surface area contributed by atoms with Crippen molar-refractivity contribution in [3.05, 3.63) is 64.2 Å². The maximum absolute atomic E-state index is 13.0. The van der Waals surface area contributed by atoms with Crippen LogP contribution in [0.15, 0.2) is 42.5 Å². The number of piperidine rings is 1. The number of esters is 1. The summed E-state index contributed by atoms with van der Waals surface area (Å²) in [5.74, 6) is -0.222. The highest BCUT2D eigenvalue weighted by Crippen LogP contribution is 2.40. The predicted molar refractivity (Wildman–Crippen MR) is 107 cm³/mol. The van der Waals surface area contributed by atoms with Crippen LogP contribution in [-0.2, 0) is 4.74 Å². The second kappa shape index (κ2) is 7.52. The lowest BCUT2D eigenvalue weighted by Crippen LogP contribution is -2.52. The van der Waals surface area contributed by atoms with Crippen LogP contribution >= 0.6 is 11.6 Å². The molecule has 0 unspecified atom stereocenters. The molecule has 0 saturated carbocycles. The molecular formula is C22H20ClNO5. The van der Waals surface area contributed by atoms with Crippen molar-refractivity contribution in [3.8, 4) is 5.75 Å². The topological polar surface area (TPSA) is 72.9 Å². The summed E-state index contributed by atoms with van der Waals surface area (Å²) in [5.41, 5.74) is 0.455. The van der Waals surface area contributed by atoms with Gasteiger partial charge >= 0.3 is 5.97 Å². The monoisotopic (exact) mass is 413 g/mol. The van der Waals surface area contributed by atoms with Crippen molar-refractivity contribution in [2.45, 2.75) is 24.9 Å². The van der Waals surface area contributed by atoms with Crippen LogP contribution in [0.1, 0.15) is 50.3 Å². The van der Waals surface area contributed by atoms with Gasteiger partial charge in [-0.15, -0.1) is 0 Å².